The molecule has 13 nitrogen and oxygen atoms in total. The van der Waals surface area contributed by atoms with E-state index in [1.165, 1.54) is 41.4 Å². The number of aromatic nitrogens is 4. The van der Waals surface area contributed by atoms with Crippen LogP contribution in [0.5, 0.6) is 0 Å². The summed E-state index contributed by atoms with van der Waals surface area (Å²) in [7, 11) is 2.78. The smallest absolute Gasteiger partial charge is 0.332 e. The lowest BCUT2D eigenvalue weighted by molar-refractivity contribution is -0.143. The summed E-state index contributed by atoms with van der Waals surface area (Å²) in [6.07, 6.45) is -0.392. The largest absolute Gasteiger partial charge is 0.480 e. The zero-order valence-electron chi connectivity index (χ0n) is 17.4. The van der Waals surface area contributed by atoms with Crippen LogP contribution in [-0.2, 0) is 23.7 Å². The quantitative estimate of drug-likeness (QED) is 0.389. The van der Waals surface area contributed by atoms with Crippen molar-refractivity contribution in [2.75, 3.05) is 13.1 Å². The molecule has 4 atom stereocenters. The lowest BCUT2D eigenvalue weighted by atomic mass is 9.91. The van der Waals surface area contributed by atoms with Crippen molar-refractivity contribution in [3.63, 3.8) is 0 Å². The molecule has 1 fully saturated rings. The van der Waals surface area contributed by atoms with E-state index in [-0.39, 0.29) is 30.7 Å². The van der Waals surface area contributed by atoms with Crippen molar-refractivity contribution < 1.29 is 24.9 Å². The van der Waals surface area contributed by atoms with Crippen LogP contribution in [0.1, 0.15) is 25.8 Å². The predicted octanol–water partition coefficient (Wildman–Crippen LogP) is -2.88. The highest BCUT2D eigenvalue weighted by molar-refractivity contribution is 5.84. The topological polar surface area (TPSA) is 186 Å². The van der Waals surface area contributed by atoms with Crippen molar-refractivity contribution in [2.45, 2.75) is 43.6 Å². The molecule has 2 aromatic heterocycles. The monoisotopic (exact) mass is 438 g/mol. The van der Waals surface area contributed by atoms with Crippen LogP contribution in [0.15, 0.2) is 15.9 Å². The molecule has 13 heteroatoms. The number of nitrogens with zero attached hydrogens (tertiary/aromatic N) is 5. The number of amides is 1. The minimum absolute atomic E-state index is 0.0564. The van der Waals surface area contributed by atoms with Gasteiger partial charge in [0, 0.05) is 33.6 Å². The molecule has 31 heavy (non-hydrogen) atoms. The highest BCUT2D eigenvalue weighted by Gasteiger charge is 2.42. The molecule has 3 heterocycles. The zero-order chi connectivity index (χ0) is 23.2. The fraction of sp³-hybridized carbons (Fsp3) is 0.611. The van der Waals surface area contributed by atoms with E-state index in [0.717, 1.165) is 4.57 Å². The van der Waals surface area contributed by atoms with E-state index in [1.807, 2.05) is 0 Å². The maximum Gasteiger partial charge on any atom is 0.332 e. The van der Waals surface area contributed by atoms with Gasteiger partial charge in [-0.05, 0) is 6.92 Å². The Bertz CT molecular complexity index is 1150. The summed E-state index contributed by atoms with van der Waals surface area (Å²) < 4.78 is 3.50. The van der Waals surface area contributed by atoms with Crippen molar-refractivity contribution in [3.8, 4) is 0 Å². The van der Waals surface area contributed by atoms with Gasteiger partial charge >= 0.3 is 11.7 Å². The van der Waals surface area contributed by atoms with Crippen LogP contribution < -0.4 is 17.0 Å². The maximum atomic E-state index is 12.8. The number of carboxylic acids is 1. The second kappa shape index (κ2) is 7.90. The van der Waals surface area contributed by atoms with E-state index in [0.29, 0.717) is 0 Å². The van der Waals surface area contributed by atoms with Gasteiger partial charge in [0.25, 0.3) is 5.56 Å². The summed E-state index contributed by atoms with van der Waals surface area (Å²) in [5.41, 5.74) is 2.89. The van der Waals surface area contributed by atoms with Gasteiger partial charge < -0.3 is 30.5 Å². The standard InChI is InChI=1S/C18H26N6O7/c1-18(31)5-9(25)6-23(12(26)4-10(19)16(28)29)7-11(18)24-8-20-14-13(24)15(27)22(3)17(30)21(14)2/h8-11,25,31H,4-7,19H2,1-3H3,(H,28,29)/t9-,10-,11+,18+/m0/s1. The molecule has 1 amide bonds. The summed E-state index contributed by atoms with van der Waals surface area (Å²) in [5, 5.41) is 30.5. The van der Waals surface area contributed by atoms with E-state index in [1.54, 1.807) is 0 Å². The Labute approximate surface area is 175 Å². The number of imidazole rings is 1. The molecule has 2 aromatic rings. The number of β-amino-alcohol motifs (C(OH)–C–C–N with tert-alkyl or cyclic N) is 1. The number of aliphatic carboxylic acids is 1. The average Bonchev–Trinajstić information content (AvgIpc) is 3.06. The third kappa shape index (κ3) is 3.98. The van der Waals surface area contributed by atoms with E-state index >= 15 is 0 Å². The summed E-state index contributed by atoms with van der Waals surface area (Å²) in [4.78, 5) is 54.1. The van der Waals surface area contributed by atoms with Crippen LogP contribution in [-0.4, -0.2) is 81.6 Å². The number of carbonyl (C=O) groups excluding carboxylic acids is 1. The summed E-state index contributed by atoms with van der Waals surface area (Å²) in [5.74, 6) is -1.95. The van der Waals surface area contributed by atoms with Gasteiger partial charge in [0.15, 0.2) is 11.2 Å². The fourth-order valence-corrected chi connectivity index (χ4v) is 4.01. The van der Waals surface area contributed by atoms with Crippen LogP contribution in [0.4, 0.5) is 0 Å². The van der Waals surface area contributed by atoms with E-state index in [4.69, 9.17) is 10.8 Å². The molecule has 0 bridgehead atoms. The number of carbonyl (C=O) groups is 2. The number of rotatable bonds is 4. The minimum Gasteiger partial charge on any atom is -0.480 e. The van der Waals surface area contributed by atoms with E-state index in [9.17, 15) is 29.4 Å². The number of aliphatic hydroxyl groups excluding tert-OH is 1. The minimum atomic E-state index is -1.56. The average molecular weight is 438 g/mol. The van der Waals surface area contributed by atoms with Crippen LogP contribution in [0, 0.1) is 0 Å². The third-order valence-corrected chi connectivity index (χ3v) is 5.76. The first-order chi connectivity index (χ1) is 14.3. The fourth-order valence-electron chi connectivity index (χ4n) is 4.01. The van der Waals surface area contributed by atoms with Crippen molar-refractivity contribution in [1.82, 2.24) is 23.6 Å². The number of carboxylic acid groups (broad SMARTS) is 1. The molecule has 0 radical (unpaired) electrons. The lowest BCUT2D eigenvalue weighted by Crippen LogP contribution is -2.45. The first-order valence-electron chi connectivity index (χ1n) is 9.64. The van der Waals surface area contributed by atoms with Crippen molar-refractivity contribution in [2.24, 2.45) is 19.8 Å². The van der Waals surface area contributed by atoms with Gasteiger partial charge in [0.05, 0.1) is 30.5 Å². The number of hydrogen-bond acceptors (Lipinski definition) is 8. The van der Waals surface area contributed by atoms with E-state index in [2.05, 4.69) is 4.98 Å². The Balaban J connectivity index is 2.10. The van der Waals surface area contributed by atoms with Gasteiger partial charge in [0.1, 0.15) is 6.04 Å². The van der Waals surface area contributed by atoms with Gasteiger partial charge in [-0.25, -0.2) is 9.78 Å². The second-order valence-corrected chi connectivity index (χ2v) is 8.21. The number of fused-ring (bicyclic) bond motifs is 1. The number of hydrogen-bond donors (Lipinski definition) is 4. The van der Waals surface area contributed by atoms with Gasteiger partial charge in [-0.2, -0.15) is 0 Å². The van der Waals surface area contributed by atoms with Crippen LogP contribution in [0.2, 0.25) is 0 Å². The molecule has 0 aliphatic carbocycles. The lowest BCUT2D eigenvalue weighted by Gasteiger charge is -2.34. The number of nitrogens with two attached hydrogens (primary N) is 1. The molecule has 1 aliphatic rings. The Morgan fingerprint density at radius 2 is 1.94 bits per heavy atom. The summed E-state index contributed by atoms with van der Waals surface area (Å²) >= 11 is 0. The third-order valence-electron chi connectivity index (χ3n) is 5.76. The molecular formula is C18H26N6O7. The molecular weight excluding hydrogens is 412 g/mol. The predicted molar refractivity (Wildman–Crippen MR) is 107 cm³/mol. The second-order valence-electron chi connectivity index (χ2n) is 8.21. The highest BCUT2D eigenvalue weighted by Crippen LogP contribution is 2.33. The van der Waals surface area contributed by atoms with Crippen LogP contribution >= 0.6 is 0 Å². The first-order valence-corrected chi connectivity index (χ1v) is 9.64. The number of likely N-dealkylation sites (tertiary alicyclic amines) is 1. The first kappa shape index (κ1) is 22.7. The molecule has 3 rings (SSSR count). The maximum absolute atomic E-state index is 12.8. The molecule has 1 saturated heterocycles. The Kier molecular flexibility index (Phi) is 5.78. The Hall–Kier alpha value is -3.03. The van der Waals surface area contributed by atoms with Gasteiger partial charge in [-0.3, -0.25) is 23.5 Å². The molecule has 0 saturated carbocycles. The Morgan fingerprint density at radius 1 is 1.29 bits per heavy atom. The van der Waals surface area contributed by atoms with Crippen molar-refractivity contribution in [1.29, 1.82) is 0 Å². The van der Waals surface area contributed by atoms with Crippen LogP contribution in [0.3, 0.4) is 0 Å². The zero-order valence-corrected chi connectivity index (χ0v) is 17.4. The molecule has 0 aromatic carbocycles. The summed E-state index contributed by atoms with van der Waals surface area (Å²) in [6.45, 7) is 1.20. The van der Waals surface area contributed by atoms with Gasteiger partial charge in [-0.15, -0.1) is 0 Å². The Morgan fingerprint density at radius 3 is 2.55 bits per heavy atom. The normalized spacial score (nSPS) is 25.4. The molecule has 1 aliphatic heterocycles. The van der Waals surface area contributed by atoms with Crippen molar-refractivity contribution >= 4 is 23.0 Å². The molecule has 5 N–H and O–H groups in total. The molecule has 0 unspecified atom stereocenters. The number of aliphatic hydroxyl groups is 2. The highest BCUT2D eigenvalue weighted by atomic mass is 16.4. The van der Waals surface area contributed by atoms with Gasteiger partial charge in [0.2, 0.25) is 5.91 Å². The van der Waals surface area contributed by atoms with Crippen LogP contribution in [0.25, 0.3) is 11.2 Å². The summed E-state index contributed by atoms with van der Waals surface area (Å²) in [6, 6.07) is -2.33. The van der Waals surface area contributed by atoms with Crippen molar-refractivity contribution in [3.05, 3.63) is 27.2 Å². The molecule has 0 spiro atoms. The molecule has 170 valence electrons. The SMILES string of the molecule is Cn1c(=O)c2c(ncn2[C@@H]2CN(C(=O)C[C@H](N)C(=O)O)C[C@@H](O)C[C@@]2(C)O)n(C)c1=O. The number of aryl methyl sites for hydroxylation is 1. The van der Waals surface area contributed by atoms with E-state index < -0.39 is 53.3 Å². The van der Waals surface area contributed by atoms with Gasteiger partial charge in [-0.1, -0.05) is 0 Å².